The second kappa shape index (κ2) is 10.8. The molecule has 0 saturated heterocycles. The molecule has 0 aliphatic heterocycles. The quantitative estimate of drug-likeness (QED) is 0.463. The summed E-state index contributed by atoms with van der Waals surface area (Å²) >= 11 is 6.30. The molecule has 2 aromatic carbocycles. The van der Waals surface area contributed by atoms with Crippen molar-refractivity contribution in [2.24, 2.45) is 0 Å². The lowest BCUT2D eigenvalue weighted by Gasteiger charge is -2.24. The van der Waals surface area contributed by atoms with E-state index in [1.165, 1.54) is 12.1 Å². The predicted molar refractivity (Wildman–Crippen MR) is 117 cm³/mol. The molecule has 0 aliphatic carbocycles. The summed E-state index contributed by atoms with van der Waals surface area (Å²) in [6.07, 6.45) is 2.66. The van der Waals surface area contributed by atoms with Gasteiger partial charge in [0.25, 0.3) is 0 Å². The van der Waals surface area contributed by atoms with Crippen LogP contribution in [0, 0.1) is 5.82 Å². The van der Waals surface area contributed by atoms with Crippen molar-refractivity contribution < 1.29 is 13.9 Å². The molecule has 1 heterocycles. The van der Waals surface area contributed by atoms with E-state index in [9.17, 15) is 9.18 Å². The highest BCUT2D eigenvalue weighted by Gasteiger charge is 2.16. The Bertz CT molecular complexity index is 976. The molecule has 30 heavy (non-hydrogen) atoms. The number of methoxy groups -OCH3 is 1. The molecule has 0 aliphatic rings. The lowest BCUT2D eigenvalue weighted by atomic mass is 10.2. The molecule has 1 N–H and O–H groups in total. The number of benzene rings is 2. The first-order valence-electron chi connectivity index (χ1n) is 9.74. The number of rotatable bonds is 9. The normalized spacial score (nSPS) is 10.8. The molecule has 3 rings (SSSR count). The maximum absolute atomic E-state index is 13.5. The van der Waals surface area contributed by atoms with E-state index in [0.717, 1.165) is 11.3 Å². The summed E-state index contributed by atoms with van der Waals surface area (Å²) in [7, 11) is 1.63. The Morgan fingerprint density at radius 2 is 2.00 bits per heavy atom. The molecule has 0 unspecified atom stereocenters. The molecule has 3 aromatic rings. The lowest BCUT2D eigenvalue weighted by molar-refractivity contribution is 0.171. The fraction of sp³-hybridized carbons (Fsp3) is 0.261. The zero-order valence-corrected chi connectivity index (χ0v) is 17.6. The highest BCUT2D eigenvalue weighted by atomic mass is 35.5. The predicted octanol–water partition coefficient (Wildman–Crippen LogP) is 5.40. The van der Waals surface area contributed by atoms with Crippen LogP contribution in [-0.2, 0) is 17.8 Å². The van der Waals surface area contributed by atoms with E-state index in [-0.39, 0.29) is 6.03 Å². The van der Waals surface area contributed by atoms with Gasteiger partial charge >= 0.3 is 6.03 Å². The number of halogens is 2. The lowest BCUT2D eigenvalue weighted by Crippen LogP contribution is -2.36. The molecule has 0 radical (unpaired) electrons. The number of nitrogens with one attached hydrogen (secondary N) is 1. The number of anilines is 1. The van der Waals surface area contributed by atoms with Crippen molar-refractivity contribution in [2.75, 3.05) is 25.6 Å². The van der Waals surface area contributed by atoms with Crippen LogP contribution in [0.4, 0.5) is 14.9 Å². The number of urea groups is 1. The van der Waals surface area contributed by atoms with Crippen LogP contribution in [0.15, 0.2) is 66.9 Å². The number of aromatic nitrogens is 1. The summed E-state index contributed by atoms with van der Waals surface area (Å²) in [4.78, 5) is 14.6. The van der Waals surface area contributed by atoms with E-state index in [1.54, 1.807) is 24.1 Å². The monoisotopic (exact) mass is 429 g/mol. The van der Waals surface area contributed by atoms with Gasteiger partial charge in [-0.15, -0.1) is 0 Å². The van der Waals surface area contributed by atoms with E-state index >= 15 is 0 Å². The molecule has 0 fully saturated rings. The SMILES string of the molecule is COCCCN(Cc1cccn1Cc1ccccc1Cl)C(=O)Nc1cccc(F)c1. The van der Waals surface area contributed by atoms with Gasteiger partial charge in [0.1, 0.15) is 5.82 Å². The molecule has 2 amide bonds. The van der Waals surface area contributed by atoms with Crippen LogP contribution >= 0.6 is 11.6 Å². The molecule has 0 saturated carbocycles. The number of nitrogens with zero attached hydrogens (tertiary/aromatic N) is 2. The Morgan fingerprint density at radius 1 is 1.17 bits per heavy atom. The van der Waals surface area contributed by atoms with E-state index in [0.29, 0.717) is 43.4 Å². The molecular weight excluding hydrogens is 405 g/mol. The minimum absolute atomic E-state index is 0.290. The number of hydrogen-bond donors (Lipinski definition) is 1. The smallest absolute Gasteiger partial charge is 0.322 e. The first-order chi connectivity index (χ1) is 14.6. The van der Waals surface area contributed by atoms with Crippen molar-refractivity contribution in [3.05, 3.63) is 89.0 Å². The van der Waals surface area contributed by atoms with Crippen molar-refractivity contribution in [3.63, 3.8) is 0 Å². The number of carbonyl (C=O) groups is 1. The van der Waals surface area contributed by atoms with Crippen LogP contribution in [0.1, 0.15) is 17.7 Å². The van der Waals surface area contributed by atoms with E-state index in [4.69, 9.17) is 16.3 Å². The zero-order chi connectivity index (χ0) is 21.3. The van der Waals surface area contributed by atoms with Gasteiger partial charge in [-0.1, -0.05) is 35.9 Å². The van der Waals surface area contributed by atoms with Crippen LogP contribution in [0.5, 0.6) is 0 Å². The maximum Gasteiger partial charge on any atom is 0.322 e. The third kappa shape index (κ3) is 6.08. The van der Waals surface area contributed by atoms with Crippen molar-refractivity contribution in [1.29, 1.82) is 0 Å². The van der Waals surface area contributed by atoms with Crippen LogP contribution in [0.25, 0.3) is 0 Å². The summed E-state index contributed by atoms with van der Waals surface area (Å²) in [5.74, 6) is -0.396. The van der Waals surface area contributed by atoms with Crippen LogP contribution in [0.2, 0.25) is 5.02 Å². The van der Waals surface area contributed by atoms with Crippen molar-refractivity contribution in [1.82, 2.24) is 9.47 Å². The van der Waals surface area contributed by atoms with Crippen molar-refractivity contribution in [3.8, 4) is 0 Å². The van der Waals surface area contributed by atoms with E-state index < -0.39 is 5.82 Å². The van der Waals surface area contributed by atoms with Crippen LogP contribution < -0.4 is 5.32 Å². The molecule has 0 bridgehead atoms. The Kier molecular flexibility index (Phi) is 7.88. The standard InChI is InChI=1S/C23H25ClFN3O2/c1-30-14-6-13-28(23(29)26-20-9-4-8-19(25)15-20)17-21-10-5-12-27(21)16-18-7-2-3-11-22(18)24/h2-5,7-12,15H,6,13-14,16-17H2,1H3,(H,26,29). The van der Waals surface area contributed by atoms with Crippen LogP contribution in [0.3, 0.4) is 0 Å². The van der Waals surface area contributed by atoms with Crippen molar-refractivity contribution >= 4 is 23.3 Å². The highest BCUT2D eigenvalue weighted by Crippen LogP contribution is 2.19. The fourth-order valence-electron chi connectivity index (χ4n) is 3.17. The fourth-order valence-corrected chi connectivity index (χ4v) is 3.37. The topological polar surface area (TPSA) is 46.5 Å². The molecular formula is C23H25ClFN3O2. The third-order valence-corrected chi connectivity index (χ3v) is 5.08. The van der Waals surface area contributed by atoms with Gasteiger partial charge in [0.15, 0.2) is 0 Å². The summed E-state index contributed by atoms with van der Waals surface area (Å²) in [5, 5.41) is 3.48. The molecule has 158 valence electrons. The second-order valence-corrected chi connectivity index (χ2v) is 7.33. The van der Waals surface area contributed by atoms with Gasteiger partial charge in [0.05, 0.1) is 6.54 Å². The van der Waals surface area contributed by atoms with E-state index in [1.807, 2.05) is 42.6 Å². The number of ether oxygens (including phenoxy) is 1. The zero-order valence-electron chi connectivity index (χ0n) is 16.9. The second-order valence-electron chi connectivity index (χ2n) is 6.93. The Balaban J connectivity index is 1.74. The number of hydrogen-bond acceptors (Lipinski definition) is 2. The van der Waals surface area contributed by atoms with Gasteiger partial charge in [-0.05, 0) is 48.4 Å². The molecule has 0 spiro atoms. The number of amides is 2. The average Bonchev–Trinajstić information content (AvgIpc) is 3.16. The molecule has 7 heteroatoms. The Labute approximate surface area is 181 Å². The van der Waals surface area contributed by atoms with Gasteiger partial charge in [0.2, 0.25) is 0 Å². The largest absolute Gasteiger partial charge is 0.385 e. The average molecular weight is 430 g/mol. The van der Waals surface area contributed by atoms with Gasteiger partial charge in [0, 0.05) is 49.4 Å². The summed E-state index contributed by atoms with van der Waals surface area (Å²) in [5.41, 5.74) is 2.40. The van der Waals surface area contributed by atoms with E-state index in [2.05, 4.69) is 9.88 Å². The molecule has 0 atom stereocenters. The molecule has 1 aromatic heterocycles. The van der Waals surface area contributed by atoms with Gasteiger partial charge in [-0.2, -0.15) is 0 Å². The third-order valence-electron chi connectivity index (χ3n) is 4.71. The van der Waals surface area contributed by atoms with Crippen LogP contribution in [-0.4, -0.2) is 35.8 Å². The summed E-state index contributed by atoms with van der Waals surface area (Å²) in [6, 6.07) is 17.2. The molecule has 5 nitrogen and oxygen atoms in total. The van der Waals surface area contributed by atoms with Crippen molar-refractivity contribution in [2.45, 2.75) is 19.5 Å². The summed E-state index contributed by atoms with van der Waals surface area (Å²) < 4.78 is 20.7. The summed E-state index contributed by atoms with van der Waals surface area (Å²) in [6.45, 7) is 2.07. The minimum Gasteiger partial charge on any atom is -0.385 e. The van der Waals surface area contributed by atoms with Gasteiger partial charge < -0.3 is 19.5 Å². The first-order valence-corrected chi connectivity index (χ1v) is 10.1. The van der Waals surface area contributed by atoms with Gasteiger partial charge in [-0.3, -0.25) is 0 Å². The minimum atomic E-state index is -0.396. The maximum atomic E-state index is 13.5. The Hall–Kier alpha value is -2.83. The Morgan fingerprint density at radius 3 is 2.77 bits per heavy atom. The number of carbonyl (C=O) groups excluding carboxylic acids is 1. The highest BCUT2D eigenvalue weighted by molar-refractivity contribution is 6.31. The first kappa shape index (κ1) is 21.9. The van der Waals surface area contributed by atoms with Gasteiger partial charge in [-0.25, -0.2) is 9.18 Å².